The van der Waals surface area contributed by atoms with Crippen molar-refractivity contribution in [1.82, 2.24) is 35.3 Å². The normalized spacial score (nSPS) is 19.7. The molecule has 0 saturated carbocycles. The molecular weight excluding hydrogens is 986 g/mol. The second kappa shape index (κ2) is 21.6. The molecular formula is C54H55Cl2N11O7. The van der Waals surface area contributed by atoms with E-state index >= 15 is 0 Å². The van der Waals surface area contributed by atoms with Crippen molar-refractivity contribution in [2.45, 2.75) is 76.3 Å². The van der Waals surface area contributed by atoms with Crippen LogP contribution in [0.25, 0.3) is 10.8 Å². The van der Waals surface area contributed by atoms with Crippen LogP contribution in [0, 0.1) is 11.3 Å². The van der Waals surface area contributed by atoms with Crippen LogP contribution in [0.4, 0.5) is 22.0 Å². The molecule has 6 amide bonds. The van der Waals surface area contributed by atoms with Crippen LogP contribution in [0.3, 0.4) is 0 Å². The molecule has 3 saturated heterocycles. The van der Waals surface area contributed by atoms with E-state index < -0.39 is 24.0 Å². The monoisotopic (exact) mass is 1040 g/mol. The lowest BCUT2D eigenvalue weighted by Crippen LogP contribution is -2.56. The number of nitrogens with zero attached hydrogens (tertiary/aromatic N) is 8. The molecule has 5 aliphatic heterocycles. The van der Waals surface area contributed by atoms with Gasteiger partial charge >= 0.3 is 12.0 Å². The highest BCUT2D eigenvalue weighted by atomic mass is 35.5. The van der Waals surface area contributed by atoms with Crippen molar-refractivity contribution < 1.29 is 33.4 Å². The smallest absolute Gasteiger partial charge is 0.319 e. The molecule has 5 aromatic rings. The number of carbonyl (C=O) groups is 5. The lowest BCUT2D eigenvalue weighted by molar-refractivity contribution is -0.137. The van der Waals surface area contributed by atoms with E-state index in [-0.39, 0.29) is 79.1 Å². The Kier molecular flexibility index (Phi) is 14.6. The van der Waals surface area contributed by atoms with Crippen molar-refractivity contribution in [3.05, 3.63) is 123 Å². The van der Waals surface area contributed by atoms with Crippen LogP contribution in [0.5, 0.6) is 11.8 Å². The van der Waals surface area contributed by atoms with Gasteiger partial charge in [-0.05, 0) is 86.1 Å². The van der Waals surface area contributed by atoms with Crippen molar-refractivity contribution in [2.24, 2.45) is 0 Å². The maximum atomic E-state index is 14.1. The Morgan fingerprint density at radius 1 is 0.919 bits per heavy atom. The summed E-state index contributed by atoms with van der Waals surface area (Å²) in [6, 6.07) is 23.2. The first kappa shape index (κ1) is 50.1. The molecule has 10 rings (SSSR count). The second-order valence-corrected chi connectivity index (χ2v) is 20.2. The van der Waals surface area contributed by atoms with Gasteiger partial charge in [0.15, 0.2) is 0 Å². The highest BCUT2D eigenvalue weighted by Gasteiger charge is 2.40. The number of aromatic nitrogens is 2. The van der Waals surface area contributed by atoms with Crippen LogP contribution in [0.2, 0.25) is 10.0 Å². The number of likely N-dealkylation sites (tertiary alicyclic amines) is 1. The predicted octanol–water partition coefficient (Wildman–Crippen LogP) is 6.62. The third-order valence-electron chi connectivity index (χ3n) is 14.5. The first-order chi connectivity index (χ1) is 35.8. The van der Waals surface area contributed by atoms with Crippen molar-refractivity contribution in [1.29, 1.82) is 5.26 Å². The zero-order valence-electron chi connectivity index (χ0n) is 40.9. The number of benzene rings is 4. The van der Waals surface area contributed by atoms with Gasteiger partial charge in [-0.2, -0.15) is 15.2 Å². The van der Waals surface area contributed by atoms with Crippen molar-refractivity contribution in [3.63, 3.8) is 0 Å². The Morgan fingerprint density at radius 3 is 2.55 bits per heavy atom. The molecule has 5 aliphatic rings. The molecule has 0 aliphatic carbocycles. The summed E-state index contributed by atoms with van der Waals surface area (Å²) >= 11 is 13.2. The number of piperidine rings is 1. The minimum atomic E-state index is -0.724. The van der Waals surface area contributed by atoms with Gasteiger partial charge in [0.2, 0.25) is 11.8 Å². The number of carbonyl (C=O) groups excluding carboxylic acids is 5. The van der Waals surface area contributed by atoms with Gasteiger partial charge in [0.1, 0.15) is 30.8 Å². The first-order valence-electron chi connectivity index (χ1n) is 24.8. The predicted molar refractivity (Wildman–Crippen MR) is 279 cm³/mol. The Morgan fingerprint density at radius 2 is 1.76 bits per heavy atom. The Balaban J connectivity index is 0.769. The minimum Gasteiger partial charge on any atom is -0.489 e. The van der Waals surface area contributed by atoms with Crippen molar-refractivity contribution >= 4 is 80.8 Å². The zero-order valence-corrected chi connectivity index (χ0v) is 42.4. The molecule has 74 heavy (non-hydrogen) atoms. The van der Waals surface area contributed by atoms with Crippen LogP contribution in [0.15, 0.2) is 84.9 Å². The third kappa shape index (κ3) is 10.6. The van der Waals surface area contributed by atoms with Gasteiger partial charge in [-0.1, -0.05) is 66.2 Å². The number of amides is 6. The number of imide groups is 1. The van der Waals surface area contributed by atoms with Crippen LogP contribution in [-0.2, 0) is 40.4 Å². The van der Waals surface area contributed by atoms with Gasteiger partial charge in [-0.3, -0.25) is 24.5 Å². The Bertz CT molecular complexity index is 3120. The van der Waals surface area contributed by atoms with E-state index in [1.807, 2.05) is 24.3 Å². The second-order valence-electron chi connectivity index (χ2n) is 19.4. The number of nitrogens with one attached hydrogen (secondary N) is 3. The van der Waals surface area contributed by atoms with Crippen LogP contribution in [-0.4, -0.2) is 125 Å². The molecule has 4 aromatic carbocycles. The number of urea groups is 1. The number of ether oxygens (including phenoxy) is 2. The van der Waals surface area contributed by atoms with Crippen LogP contribution < -0.4 is 35.2 Å². The van der Waals surface area contributed by atoms with Gasteiger partial charge < -0.3 is 44.6 Å². The summed E-state index contributed by atoms with van der Waals surface area (Å²) in [5, 5.41) is 20.9. The summed E-state index contributed by atoms with van der Waals surface area (Å²) in [4.78, 5) is 84.4. The largest absolute Gasteiger partial charge is 0.489 e. The number of rotatable bonds is 14. The first-order valence-corrected chi connectivity index (χ1v) is 25.6. The molecule has 18 nitrogen and oxygen atoms in total. The van der Waals surface area contributed by atoms with E-state index in [2.05, 4.69) is 68.5 Å². The van der Waals surface area contributed by atoms with E-state index in [4.69, 9.17) is 42.6 Å². The summed E-state index contributed by atoms with van der Waals surface area (Å²) in [6.07, 6.45) is 3.31. The summed E-state index contributed by atoms with van der Waals surface area (Å²) < 4.78 is 12.4. The maximum absolute atomic E-state index is 14.1. The van der Waals surface area contributed by atoms with Crippen molar-refractivity contribution in [2.75, 3.05) is 68.1 Å². The van der Waals surface area contributed by atoms with Gasteiger partial charge in [0, 0.05) is 96.3 Å². The molecule has 3 N–H and O–H groups in total. The minimum absolute atomic E-state index is 0.0807. The molecule has 0 bridgehead atoms. The number of halogens is 2. The maximum Gasteiger partial charge on any atom is 0.319 e. The number of nitriles is 1. The van der Waals surface area contributed by atoms with E-state index in [0.29, 0.717) is 68.0 Å². The quantitative estimate of drug-likeness (QED) is 0.0791. The van der Waals surface area contributed by atoms with Crippen LogP contribution in [0.1, 0.15) is 64.8 Å². The zero-order chi connectivity index (χ0) is 51.6. The van der Waals surface area contributed by atoms with Crippen LogP contribution >= 0.6 is 23.2 Å². The molecule has 20 heteroatoms. The highest BCUT2D eigenvalue weighted by Crippen LogP contribution is 2.38. The SMILES string of the molecule is C=C(COc1cc(Cl)cc(NC(=O)NCc2ccc3c(c2)CN(C2CCC(=O)NC2=O)C3=O)c1)C(=O)N1CCN(c2nc(OC[C@@H]3CCCN3C)nc3c2CCN(c2cccc4cccc(Cl)c24)C3)C[C@@H]1CC#N. The van der Waals surface area contributed by atoms with E-state index in [1.165, 1.54) is 4.90 Å². The topological polar surface area (TPSA) is 206 Å². The number of piperazine rings is 1. The Hall–Kier alpha value is -7.46. The number of anilines is 3. The average molecular weight is 1040 g/mol. The molecule has 382 valence electrons. The molecule has 6 heterocycles. The molecule has 1 unspecified atom stereocenters. The lowest BCUT2D eigenvalue weighted by Gasteiger charge is -2.42. The standard InChI is InChI=1S/C54H55Cl2N11O7/c1-32(30-73-40-24-36(55)23-37(25-40)59-53(72)58-26-33-11-12-41-35(22-33)27-67(52(41)71)46-13-14-47(68)61-50(46)69)51(70)66-21-20-65(28-38(66)15-17-57)49-42-16-19-64(45-10-4-7-34-6-3-9-43(56)48(34)45)29-44(42)60-54(62-49)74-31-39-8-5-18-63(39)2/h3-4,6-7,9-12,22-25,38-39,46H,1,5,8,13-16,18-21,26-31H2,2H3,(H2,58,59,72)(H,61,68,69)/t38-,39-,46?/m0/s1. The number of fused-ring (bicyclic) bond motifs is 3. The summed E-state index contributed by atoms with van der Waals surface area (Å²) in [6.45, 7) is 8.04. The van der Waals surface area contributed by atoms with Crippen molar-refractivity contribution in [3.8, 4) is 17.8 Å². The molecule has 0 spiro atoms. The molecule has 1 aromatic heterocycles. The number of hydrogen-bond donors (Lipinski definition) is 3. The van der Waals surface area contributed by atoms with Gasteiger partial charge in [0.25, 0.3) is 11.8 Å². The third-order valence-corrected chi connectivity index (χ3v) is 15.1. The Labute approximate surface area is 438 Å². The number of likely N-dealkylation sites (N-methyl/N-ethyl adjacent to an activating group) is 1. The van der Waals surface area contributed by atoms with E-state index in [0.717, 1.165) is 64.0 Å². The summed E-state index contributed by atoms with van der Waals surface area (Å²) in [7, 11) is 2.11. The molecule has 0 radical (unpaired) electrons. The molecule has 3 atom stereocenters. The number of hydrogen-bond acceptors (Lipinski definition) is 13. The van der Waals surface area contributed by atoms with Gasteiger partial charge in [-0.25, -0.2) is 4.79 Å². The van der Waals surface area contributed by atoms with E-state index in [9.17, 15) is 29.2 Å². The fraction of sp³-hybridized carbons (Fsp3) is 0.370. The van der Waals surface area contributed by atoms with Gasteiger partial charge in [-0.15, -0.1) is 0 Å². The lowest BCUT2D eigenvalue weighted by atomic mass is 10.0. The fourth-order valence-electron chi connectivity index (χ4n) is 10.7. The summed E-state index contributed by atoms with van der Waals surface area (Å²) in [5.41, 5.74) is 5.34. The van der Waals surface area contributed by atoms with E-state index in [1.54, 1.807) is 35.2 Å². The molecule has 3 fully saturated rings. The fourth-order valence-corrected chi connectivity index (χ4v) is 11.2. The summed E-state index contributed by atoms with van der Waals surface area (Å²) in [5.74, 6) is -0.422. The highest BCUT2D eigenvalue weighted by molar-refractivity contribution is 6.36. The van der Waals surface area contributed by atoms with Gasteiger partial charge in [0.05, 0.1) is 35.8 Å². The average Bonchev–Trinajstić information content (AvgIpc) is 3.96.